The van der Waals surface area contributed by atoms with Gasteiger partial charge in [0.2, 0.25) is 5.91 Å². The van der Waals surface area contributed by atoms with Crippen LogP contribution in [0.1, 0.15) is 23.2 Å². The molecule has 0 unspecified atom stereocenters. The van der Waals surface area contributed by atoms with Crippen LogP contribution in [0.4, 0.5) is 5.69 Å². The number of rotatable bonds is 3. The number of hydrogen-bond acceptors (Lipinski definition) is 4. The number of hydrogen-bond donors (Lipinski definition) is 0. The van der Waals surface area contributed by atoms with E-state index >= 15 is 0 Å². The zero-order chi connectivity index (χ0) is 14.1. The van der Waals surface area contributed by atoms with E-state index < -0.39 is 5.97 Å². The van der Waals surface area contributed by atoms with Gasteiger partial charge in [0.15, 0.2) is 0 Å². The Labute approximate surface area is 117 Å². The summed E-state index contributed by atoms with van der Waals surface area (Å²) in [6.45, 7) is 3.08. The normalized spacial score (nSPS) is 19.0. The molecule has 1 heterocycles. The van der Waals surface area contributed by atoms with E-state index in [1.807, 2.05) is 4.90 Å². The molecule has 1 aromatic carbocycles. The van der Waals surface area contributed by atoms with Gasteiger partial charge in [-0.25, -0.2) is 0 Å². The van der Waals surface area contributed by atoms with Crippen molar-refractivity contribution in [3.05, 3.63) is 29.8 Å². The van der Waals surface area contributed by atoms with Crippen molar-refractivity contribution < 1.29 is 14.7 Å². The number of piperazine rings is 1. The van der Waals surface area contributed by atoms with Gasteiger partial charge < -0.3 is 19.7 Å². The zero-order valence-electron chi connectivity index (χ0n) is 11.2. The van der Waals surface area contributed by atoms with Crippen LogP contribution in [0.2, 0.25) is 0 Å². The van der Waals surface area contributed by atoms with E-state index in [1.54, 1.807) is 24.3 Å². The standard InChI is InChI=1S/C15H18N2O3/c18-14(11-1-2-11)17-9-7-16(8-10-17)13-5-3-12(4-6-13)15(19)20/h3-6,11H,1-2,7-10H2,(H,19,20)/p-1. The molecule has 0 radical (unpaired) electrons. The van der Waals surface area contributed by atoms with Gasteiger partial charge in [0.05, 0.1) is 5.97 Å². The molecule has 0 spiro atoms. The number of anilines is 1. The Balaban J connectivity index is 1.59. The third kappa shape index (κ3) is 2.61. The van der Waals surface area contributed by atoms with Crippen molar-refractivity contribution in [3.8, 4) is 0 Å². The van der Waals surface area contributed by atoms with Gasteiger partial charge in [-0.2, -0.15) is 0 Å². The molecule has 1 saturated carbocycles. The van der Waals surface area contributed by atoms with Crippen molar-refractivity contribution in [2.45, 2.75) is 12.8 Å². The first kappa shape index (κ1) is 13.0. The molecule has 3 rings (SSSR count). The Bertz CT molecular complexity index is 514. The minimum Gasteiger partial charge on any atom is -0.545 e. The van der Waals surface area contributed by atoms with Crippen LogP contribution in [0.3, 0.4) is 0 Å². The number of aromatic carboxylic acids is 1. The van der Waals surface area contributed by atoms with E-state index in [1.165, 1.54) is 0 Å². The fraction of sp³-hybridized carbons (Fsp3) is 0.467. The molecular formula is C15H17N2O3-. The van der Waals surface area contributed by atoms with E-state index in [0.717, 1.165) is 44.7 Å². The van der Waals surface area contributed by atoms with Gasteiger partial charge in [-0.15, -0.1) is 0 Å². The molecule has 0 atom stereocenters. The van der Waals surface area contributed by atoms with Gasteiger partial charge in [-0.05, 0) is 30.5 Å². The average molecular weight is 273 g/mol. The van der Waals surface area contributed by atoms with Crippen LogP contribution in [-0.2, 0) is 4.79 Å². The highest BCUT2D eigenvalue weighted by Gasteiger charge is 2.34. The average Bonchev–Trinajstić information content (AvgIpc) is 3.31. The highest BCUT2D eigenvalue weighted by atomic mass is 16.4. The van der Waals surface area contributed by atoms with Gasteiger partial charge in [-0.3, -0.25) is 4.79 Å². The van der Waals surface area contributed by atoms with Gasteiger partial charge in [-0.1, -0.05) is 12.1 Å². The summed E-state index contributed by atoms with van der Waals surface area (Å²) in [7, 11) is 0. The van der Waals surface area contributed by atoms with E-state index in [2.05, 4.69) is 4.90 Å². The lowest BCUT2D eigenvalue weighted by atomic mass is 10.2. The van der Waals surface area contributed by atoms with Crippen LogP contribution < -0.4 is 10.0 Å². The molecular weight excluding hydrogens is 256 g/mol. The van der Waals surface area contributed by atoms with Crippen molar-refractivity contribution in [2.75, 3.05) is 31.1 Å². The van der Waals surface area contributed by atoms with Crippen molar-refractivity contribution in [1.29, 1.82) is 0 Å². The quantitative estimate of drug-likeness (QED) is 0.784. The second-order valence-corrected chi connectivity index (χ2v) is 5.42. The Morgan fingerprint density at radius 1 is 1.00 bits per heavy atom. The summed E-state index contributed by atoms with van der Waals surface area (Å²) in [5, 5.41) is 10.7. The molecule has 106 valence electrons. The maximum Gasteiger partial charge on any atom is 0.225 e. The summed E-state index contributed by atoms with van der Waals surface area (Å²) in [6, 6.07) is 6.71. The molecule has 1 aliphatic heterocycles. The molecule has 1 saturated heterocycles. The Morgan fingerprint density at radius 3 is 2.10 bits per heavy atom. The third-order valence-corrected chi connectivity index (χ3v) is 3.99. The monoisotopic (exact) mass is 273 g/mol. The zero-order valence-corrected chi connectivity index (χ0v) is 11.2. The van der Waals surface area contributed by atoms with Crippen LogP contribution in [0.5, 0.6) is 0 Å². The van der Waals surface area contributed by atoms with E-state index in [0.29, 0.717) is 5.91 Å². The largest absolute Gasteiger partial charge is 0.545 e. The third-order valence-electron chi connectivity index (χ3n) is 3.99. The molecule has 20 heavy (non-hydrogen) atoms. The van der Waals surface area contributed by atoms with Crippen molar-refractivity contribution >= 4 is 17.6 Å². The van der Waals surface area contributed by atoms with Gasteiger partial charge in [0.25, 0.3) is 0 Å². The molecule has 2 fully saturated rings. The predicted molar refractivity (Wildman–Crippen MR) is 72.3 cm³/mol. The van der Waals surface area contributed by atoms with E-state index in [9.17, 15) is 14.7 Å². The van der Waals surface area contributed by atoms with E-state index in [-0.39, 0.29) is 11.5 Å². The number of carbonyl (C=O) groups excluding carboxylic acids is 2. The van der Waals surface area contributed by atoms with Crippen LogP contribution in [0.25, 0.3) is 0 Å². The molecule has 0 N–H and O–H groups in total. The molecule has 2 aliphatic rings. The van der Waals surface area contributed by atoms with Crippen LogP contribution in [0, 0.1) is 5.92 Å². The van der Waals surface area contributed by atoms with Crippen LogP contribution in [-0.4, -0.2) is 43.0 Å². The predicted octanol–water partition coefficient (Wildman–Crippen LogP) is 0.109. The van der Waals surface area contributed by atoms with Gasteiger partial charge >= 0.3 is 0 Å². The number of carbonyl (C=O) groups is 2. The van der Waals surface area contributed by atoms with Crippen LogP contribution >= 0.6 is 0 Å². The molecule has 1 amide bonds. The first-order chi connectivity index (χ1) is 9.65. The Kier molecular flexibility index (Phi) is 3.34. The van der Waals surface area contributed by atoms with Gasteiger partial charge in [0, 0.05) is 37.8 Å². The highest BCUT2D eigenvalue weighted by molar-refractivity contribution is 5.86. The topological polar surface area (TPSA) is 63.7 Å². The highest BCUT2D eigenvalue weighted by Crippen LogP contribution is 2.31. The summed E-state index contributed by atoms with van der Waals surface area (Å²) < 4.78 is 0. The fourth-order valence-electron chi connectivity index (χ4n) is 2.58. The Morgan fingerprint density at radius 2 is 1.60 bits per heavy atom. The molecule has 1 aromatic rings. The van der Waals surface area contributed by atoms with E-state index in [4.69, 9.17) is 0 Å². The summed E-state index contributed by atoms with van der Waals surface area (Å²) in [4.78, 5) is 26.8. The number of nitrogens with zero attached hydrogens (tertiary/aromatic N) is 2. The number of benzene rings is 1. The summed E-state index contributed by atoms with van der Waals surface area (Å²) in [5.74, 6) is -0.572. The summed E-state index contributed by atoms with van der Waals surface area (Å²) in [5.41, 5.74) is 1.19. The second kappa shape index (κ2) is 5.15. The summed E-state index contributed by atoms with van der Waals surface area (Å²) in [6.07, 6.45) is 2.09. The van der Waals surface area contributed by atoms with Gasteiger partial charge in [0.1, 0.15) is 0 Å². The number of carboxylic acid groups (broad SMARTS) is 1. The maximum atomic E-state index is 12.0. The van der Waals surface area contributed by atoms with Crippen LogP contribution in [0.15, 0.2) is 24.3 Å². The number of carboxylic acids is 1. The number of amides is 1. The molecule has 0 bridgehead atoms. The lowest BCUT2D eigenvalue weighted by Gasteiger charge is -2.36. The molecule has 0 aromatic heterocycles. The maximum absolute atomic E-state index is 12.0. The molecule has 5 heteroatoms. The van der Waals surface area contributed by atoms with Crippen molar-refractivity contribution in [3.63, 3.8) is 0 Å². The van der Waals surface area contributed by atoms with Crippen molar-refractivity contribution in [1.82, 2.24) is 4.90 Å². The first-order valence-corrected chi connectivity index (χ1v) is 7.00. The smallest absolute Gasteiger partial charge is 0.225 e. The summed E-state index contributed by atoms with van der Waals surface area (Å²) >= 11 is 0. The fourth-order valence-corrected chi connectivity index (χ4v) is 2.58. The Hall–Kier alpha value is -2.04. The SMILES string of the molecule is O=C([O-])c1ccc(N2CCN(C(=O)C3CC3)CC2)cc1. The van der Waals surface area contributed by atoms with Crippen molar-refractivity contribution in [2.24, 2.45) is 5.92 Å². The minimum absolute atomic E-state index is 0.191. The molecule has 1 aliphatic carbocycles. The first-order valence-electron chi connectivity index (χ1n) is 7.00. The second-order valence-electron chi connectivity index (χ2n) is 5.42. The lowest BCUT2D eigenvalue weighted by molar-refractivity contribution is -0.255. The molecule has 5 nitrogen and oxygen atoms in total. The minimum atomic E-state index is -1.16. The lowest BCUT2D eigenvalue weighted by Crippen LogP contribution is -2.49.